The van der Waals surface area contributed by atoms with Gasteiger partial charge in [-0.15, -0.1) is 0 Å². The summed E-state index contributed by atoms with van der Waals surface area (Å²) in [5, 5.41) is 5.33. The molecule has 1 heterocycles. The summed E-state index contributed by atoms with van der Waals surface area (Å²) in [4.78, 5) is 4.71. The van der Waals surface area contributed by atoms with Gasteiger partial charge in [-0.05, 0) is 47.6 Å². The van der Waals surface area contributed by atoms with Crippen molar-refractivity contribution in [2.24, 2.45) is 5.14 Å². The third kappa shape index (κ3) is 2.91. The van der Waals surface area contributed by atoms with Gasteiger partial charge >= 0.3 is 0 Å². The van der Waals surface area contributed by atoms with Gasteiger partial charge in [0.15, 0.2) is 0 Å². The van der Waals surface area contributed by atoms with Gasteiger partial charge in [-0.25, -0.2) is 13.6 Å². The molecule has 0 saturated heterocycles. The van der Waals surface area contributed by atoms with Gasteiger partial charge in [-0.2, -0.15) is 0 Å². The molecule has 2 N–H and O–H groups in total. The van der Waals surface area contributed by atoms with Crippen molar-refractivity contribution in [3.63, 3.8) is 0 Å². The van der Waals surface area contributed by atoms with Crippen molar-refractivity contribution in [2.75, 3.05) is 0 Å². The maximum absolute atomic E-state index is 11.7. The van der Waals surface area contributed by atoms with Crippen LogP contribution in [-0.2, 0) is 10.0 Å². The van der Waals surface area contributed by atoms with Gasteiger partial charge < -0.3 is 0 Å². The SMILES string of the molecule is CC(C)c1ccnc(C2CC2c2ccccc2S(N)(=O)=O)c1. The maximum atomic E-state index is 11.7. The lowest BCUT2D eigenvalue weighted by atomic mass is 10.0. The minimum absolute atomic E-state index is 0.185. The number of hydrogen-bond donors (Lipinski definition) is 1. The molecule has 0 bridgehead atoms. The minimum Gasteiger partial charge on any atom is -0.261 e. The largest absolute Gasteiger partial charge is 0.261 e. The Balaban J connectivity index is 1.91. The quantitative estimate of drug-likeness (QED) is 0.942. The van der Waals surface area contributed by atoms with Crippen LogP contribution >= 0.6 is 0 Å². The fourth-order valence-electron chi connectivity index (χ4n) is 2.94. The lowest BCUT2D eigenvalue weighted by molar-refractivity contribution is 0.596. The third-order valence-corrected chi connectivity index (χ3v) is 5.25. The first-order valence-corrected chi connectivity index (χ1v) is 9.00. The van der Waals surface area contributed by atoms with Crippen LogP contribution in [0.15, 0.2) is 47.5 Å². The molecule has 1 aliphatic carbocycles. The smallest absolute Gasteiger partial charge is 0.238 e. The van der Waals surface area contributed by atoms with Crippen molar-refractivity contribution in [1.29, 1.82) is 0 Å². The lowest BCUT2D eigenvalue weighted by Gasteiger charge is -2.09. The molecule has 4 nitrogen and oxygen atoms in total. The first-order valence-electron chi connectivity index (χ1n) is 7.45. The molecule has 1 aliphatic rings. The fraction of sp³-hybridized carbons (Fsp3) is 0.353. The lowest BCUT2D eigenvalue weighted by Crippen LogP contribution is -2.14. The van der Waals surface area contributed by atoms with E-state index < -0.39 is 10.0 Å². The Labute approximate surface area is 131 Å². The van der Waals surface area contributed by atoms with E-state index in [9.17, 15) is 8.42 Å². The van der Waals surface area contributed by atoms with E-state index in [-0.39, 0.29) is 16.7 Å². The first-order chi connectivity index (χ1) is 10.4. The number of nitrogens with two attached hydrogens (primary N) is 1. The van der Waals surface area contributed by atoms with Gasteiger partial charge in [-0.1, -0.05) is 32.0 Å². The predicted octanol–water partition coefficient (Wildman–Crippen LogP) is 3.12. The highest BCUT2D eigenvalue weighted by molar-refractivity contribution is 7.89. The number of aromatic nitrogens is 1. The Morgan fingerprint density at radius 1 is 1.18 bits per heavy atom. The summed E-state index contributed by atoms with van der Waals surface area (Å²) in [6.45, 7) is 4.31. The summed E-state index contributed by atoms with van der Waals surface area (Å²) < 4.78 is 23.5. The summed E-state index contributed by atoms with van der Waals surface area (Å²) in [5.41, 5.74) is 3.11. The van der Waals surface area contributed by atoms with Gasteiger partial charge in [0.05, 0.1) is 4.90 Å². The van der Waals surface area contributed by atoms with Crippen molar-refractivity contribution >= 4 is 10.0 Å². The van der Waals surface area contributed by atoms with Crippen LogP contribution in [-0.4, -0.2) is 13.4 Å². The van der Waals surface area contributed by atoms with Gasteiger partial charge in [-0.3, -0.25) is 4.98 Å². The third-order valence-electron chi connectivity index (χ3n) is 4.27. The number of primary sulfonamides is 1. The monoisotopic (exact) mass is 316 g/mol. The molecule has 2 atom stereocenters. The zero-order valence-electron chi connectivity index (χ0n) is 12.7. The van der Waals surface area contributed by atoms with E-state index in [1.54, 1.807) is 12.1 Å². The van der Waals surface area contributed by atoms with Crippen LogP contribution in [0.3, 0.4) is 0 Å². The number of pyridine rings is 1. The molecular formula is C17H20N2O2S. The average Bonchev–Trinajstić information content (AvgIpc) is 3.27. The van der Waals surface area contributed by atoms with Crippen LogP contribution in [0.2, 0.25) is 0 Å². The Morgan fingerprint density at radius 2 is 1.91 bits per heavy atom. The molecule has 116 valence electrons. The highest BCUT2D eigenvalue weighted by Crippen LogP contribution is 2.55. The summed E-state index contributed by atoms with van der Waals surface area (Å²) >= 11 is 0. The molecule has 1 saturated carbocycles. The second-order valence-corrected chi connectivity index (χ2v) is 7.73. The Hall–Kier alpha value is -1.72. The zero-order valence-corrected chi connectivity index (χ0v) is 13.5. The van der Waals surface area contributed by atoms with Crippen molar-refractivity contribution in [1.82, 2.24) is 4.98 Å². The summed E-state index contributed by atoms with van der Waals surface area (Å²) in [6, 6.07) is 11.2. The summed E-state index contributed by atoms with van der Waals surface area (Å²) in [5.74, 6) is 0.918. The molecule has 2 unspecified atom stereocenters. The predicted molar refractivity (Wildman–Crippen MR) is 86.2 cm³/mol. The van der Waals surface area contributed by atoms with Crippen LogP contribution in [0.1, 0.15) is 54.8 Å². The Bertz CT molecular complexity index is 800. The Kier molecular flexibility index (Phi) is 3.78. The number of benzene rings is 1. The van der Waals surface area contributed by atoms with Crippen molar-refractivity contribution in [3.05, 3.63) is 59.4 Å². The molecule has 1 aromatic heterocycles. The summed E-state index contributed by atoms with van der Waals surface area (Å²) in [6.07, 6.45) is 2.76. The molecule has 5 heteroatoms. The normalized spacial score (nSPS) is 21.1. The van der Waals surface area contributed by atoms with E-state index >= 15 is 0 Å². The van der Waals surface area contributed by atoms with Gasteiger partial charge in [0.25, 0.3) is 0 Å². The molecule has 3 rings (SSSR count). The van der Waals surface area contributed by atoms with E-state index in [1.807, 2.05) is 24.4 Å². The standard InChI is InChI=1S/C17H20N2O2S/c1-11(2)12-7-8-19-16(9-12)15-10-14(15)13-5-3-4-6-17(13)22(18,20)21/h3-9,11,14-15H,10H2,1-2H3,(H2,18,20,21). The van der Waals surface area contributed by atoms with Crippen molar-refractivity contribution < 1.29 is 8.42 Å². The number of sulfonamides is 1. The molecular weight excluding hydrogens is 296 g/mol. The van der Waals surface area contributed by atoms with Crippen LogP contribution in [0.5, 0.6) is 0 Å². The van der Waals surface area contributed by atoms with Crippen LogP contribution in [0.25, 0.3) is 0 Å². The van der Waals surface area contributed by atoms with Gasteiger partial charge in [0.2, 0.25) is 10.0 Å². The van der Waals surface area contributed by atoms with Crippen LogP contribution in [0.4, 0.5) is 0 Å². The van der Waals surface area contributed by atoms with E-state index in [0.29, 0.717) is 5.92 Å². The molecule has 0 radical (unpaired) electrons. The molecule has 22 heavy (non-hydrogen) atoms. The van der Waals surface area contributed by atoms with Crippen LogP contribution < -0.4 is 5.14 Å². The van der Waals surface area contributed by atoms with Crippen molar-refractivity contribution in [3.8, 4) is 0 Å². The van der Waals surface area contributed by atoms with E-state index in [1.165, 1.54) is 5.56 Å². The first kappa shape index (κ1) is 15.2. The minimum atomic E-state index is -3.69. The molecule has 0 aliphatic heterocycles. The highest BCUT2D eigenvalue weighted by Gasteiger charge is 2.42. The topological polar surface area (TPSA) is 73.0 Å². The number of hydrogen-bond acceptors (Lipinski definition) is 3. The second-order valence-electron chi connectivity index (χ2n) is 6.20. The van der Waals surface area contributed by atoms with Gasteiger partial charge in [0, 0.05) is 17.8 Å². The number of rotatable bonds is 4. The molecule has 2 aromatic rings. The fourth-order valence-corrected chi connectivity index (χ4v) is 3.76. The molecule has 1 fully saturated rings. The molecule has 1 aromatic carbocycles. The molecule has 0 spiro atoms. The second kappa shape index (κ2) is 5.48. The van der Waals surface area contributed by atoms with E-state index in [2.05, 4.69) is 24.9 Å². The van der Waals surface area contributed by atoms with E-state index in [0.717, 1.165) is 17.7 Å². The number of nitrogens with zero attached hydrogens (tertiary/aromatic N) is 1. The highest BCUT2D eigenvalue weighted by atomic mass is 32.2. The molecule has 0 amide bonds. The summed E-state index contributed by atoms with van der Waals surface area (Å²) in [7, 11) is -3.69. The van der Waals surface area contributed by atoms with Crippen molar-refractivity contribution in [2.45, 2.75) is 42.9 Å². The zero-order chi connectivity index (χ0) is 15.9. The maximum Gasteiger partial charge on any atom is 0.238 e. The average molecular weight is 316 g/mol. The van der Waals surface area contributed by atoms with E-state index in [4.69, 9.17) is 5.14 Å². The Morgan fingerprint density at radius 3 is 2.59 bits per heavy atom. The van der Waals surface area contributed by atoms with Gasteiger partial charge in [0.1, 0.15) is 0 Å². The van der Waals surface area contributed by atoms with Crippen LogP contribution in [0, 0.1) is 0 Å².